The van der Waals surface area contributed by atoms with Crippen LogP contribution in [0.4, 0.5) is 23.4 Å². The Kier molecular flexibility index (Phi) is 5.99. The molecule has 2 atom stereocenters. The number of halogens is 4. The Balaban J connectivity index is 1.62. The number of aromatic nitrogens is 4. The molecule has 4 rings (SSSR count). The number of aryl methyl sites for hydroxylation is 1. The van der Waals surface area contributed by atoms with Crippen LogP contribution in [-0.2, 0) is 17.1 Å². The van der Waals surface area contributed by atoms with E-state index in [-0.39, 0.29) is 18.7 Å². The van der Waals surface area contributed by atoms with Crippen molar-refractivity contribution in [3.63, 3.8) is 0 Å². The molecule has 1 aromatic carbocycles. The zero-order valence-electron chi connectivity index (χ0n) is 17.3. The number of hydrogen-bond donors (Lipinski definition) is 1. The van der Waals surface area contributed by atoms with Gasteiger partial charge in [0, 0.05) is 56.0 Å². The highest BCUT2D eigenvalue weighted by Gasteiger charge is 2.44. The Hall–Kier alpha value is -3.22. The number of alkyl halides is 2. The maximum absolute atomic E-state index is 14.7. The van der Waals surface area contributed by atoms with E-state index in [2.05, 4.69) is 15.1 Å². The summed E-state index contributed by atoms with van der Waals surface area (Å²) in [5.41, 5.74) is 0.643. The second kappa shape index (κ2) is 8.61. The Morgan fingerprint density at radius 3 is 2.52 bits per heavy atom. The molecule has 0 saturated heterocycles. The van der Waals surface area contributed by atoms with Crippen LogP contribution >= 0.6 is 0 Å². The van der Waals surface area contributed by atoms with Gasteiger partial charge in [0.05, 0.1) is 0 Å². The van der Waals surface area contributed by atoms with E-state index >= 15 is 0 Å². The summed E-state index contributed by atoms with van der Waals surface area (Å²) in [6.07, 6.45) is 1.76. The van der Waals surface area contributed by atoms with Gasteiger partial charge in [-0.05, 0) is 18.6 Å². The van der Waals surface area contributed by atoms with Crippen molar-refractivity contribution >= 4 is 15.8 Å². The fourth-order valence-electron chi connectivity index (χ4n) is 3.88. The van der Waals surface area contributed by atoms with E-state index in [9.17, 15) is 26.0 Å². The third-order valence-corrected chi connectivity index (χ3v) is 6.76. The van der Waals surface area contributed by atoms with Crippen molar-refractivity contribution in [1.29, 1.82) is 0 Å². The number of anilines is 1. The quantitative estimate of drug-likeness (QED) is 0.536. The minimum Gasteiger partial charge on any atom is -0.489 e. The summed E-state index contributed by atoms with van der Waals surface area (Å²) in [6, 6.07) is 4.18. The number of rotatable bonds is 6. The van der Waals surface area contributed by atoms with Crippen LogP contribution in [0.1, 0.15) is 30.9 Å². The molecule has 8 nitrogen and oxygen atoms in total. The number of sulfonamides is 1. The number of nitrogens with zero attached hydrogens (tertiary/aromatic N) is 4. The van der Waals surface area contributed by atoms with Crippen molar-refractivity contribution in [2.24, 2.45) is 7.05 Å². The molecule has 2 aromatic heterocycles. The lowest BCUT2D eigenvalue weighted by Crippen LogP contribution is -2.39. The van der Waals surface area contributed by atoms with E-state index in [0.717, 1.165) is 6.33 Å². The van der Waals surface area contributed by atoms with E-state index in [1.54, 1.807) is 13.1 Å². The molecule has 1 aliphatic rings. The minimum absolute atomic E-state index is 0.0808. The van der Waals surface area contributed by atoms with Crippen LogP contribution in [0.2, 0.25) is 0 Å². The number of ether oxygens (including phenoxy) is 1. The Morgan fingerprint density at radius 2 is 1.91 bits per heavy atom. The second-order valence-electron chi connectivity index (χ2n) is 7.66. The lowest BCUT2D eigenvalue weighted by Gasteiger charge is -2.36. The van der Waals surface area contributed by atoms with E-state index in [1.807, 2.05) is 4.72 Å². The first-order valence-electron chi connectivity index (χ1n) is 9.86. The zero-order chi connectivity index (χ0) is 23.8. The van der Waals surface area contributed by atoms with Crippen LogP contribution in [0.15, 0.2) is 47.9 Å². The SMILES string of the molecule is Cn1nccc1C1CCC(F)(F)CC1Oc1cc(F)c(S(=O)(=O)Nc2ccncn2)c(F)c1. The van der Waals surface area contributed by atoms with Gasteiger partial charge in [-0.15, -0.1) is 0 Å². The van der Waals surface area contributed by atoms with Gasteiger partial charge in [0.1, 0.15) is 35.6 Å². The number of hydrogen-bond acceptors (Lipinski definition) is 6. The summed E-state index contributed by atoms with van der Waals surface area (Å²) in [5, 5.41) is 4.04. The Bertz CT molecular complexity index is 1230. The highest BCUT2D eigenvalue weighted by Crippen LogP contribution is 2.43. The molecular formula is C20H19F4N5O3S. The molecular weight excluding hydrogens is 466 g/mol. The minimum atomic E-state index is -4.67. The molecule has 1 fully saturated rings. The Labute approximate surface area is 186 Å². The van der Waals surface area contributed by atoms with Gasteiger partial charge >= 0.3 is 0 Å². The molecule has 0 amide bonds. The van der Waals surface area contributed by atoms with Gasteiger partial charge in [-0.1, -0.05) is 0 Å². The summed E-state index contributed by atoms with van der Waals surface area (Å²) in [5.74, 6) is -6.97. The van der Waals surface area contributed by atoms with Gasteiger partial charge in [0.25, 0.3) is 15.9 Å². The maximum atomic E-state index is 14.7. The molecule has 13 heteroatoms. The predicted molar refractivity (Wildman–Crippen MR) is 108 cm³/mol. The predicted octanol–water partition coefficient (Wildman–Crippen LogP) is 3.64. The average Bonchev–Trinajstić information content (AvgIpc) is 3.13. The van der Waals surface area contributed by atoms with Crippen molar-refractivity contribution in [2.45, 2.75) is 42.1 Å². The van der Waals surface area contributed by atoms with E-state index in [0.29, 0.717) is 17.8 Å². The summed E-state index contributed by atoms with van der Waals surface area (Å²) in [6.45, 7) is 0. The molecule has 1 aliphatic carbocycles. The van der Waals surface area contributed by atoms with Crippen molar-refractivity contribution in [1.82, 2.24) is 19.7 Å². The largest absolute Gasteiger partial charge is 0.489 e. The molecule has 1 N–H and O–H groups in total. The Morgan fingerprint density at radius 1 is 1.18 bits per heavy atom. The van der Waals surface area contributed by atoms with Crippen molar-refractivity contribution < 1.29 is 30.7 Å². The molecule has 2 unspecified atom stereocenters. The molecule has 0 bridgehead atoms. The molecule has 33 heavy (non-hydrogen) atoms. The molecule has 1 saturated carbocycles. The van der Waals surface area contributed by atoms with Crippen LogP contribution in [0.5, 0.6) is 5.75 Å². The number of benzene rings is 1. The summed E-state index contributed by atoms with van der Waals surface area (Å²) < 4.78 is 91.7. The topological polar surface area (TPSA) is 99.0 Å². The molecule has 0 spiro atoms. The number of nitrogens with one attached hydrogen (secondary N) is 1. The van der Waals surface area contributed by atoms with E-state index in [4.69, 9.17) is 4.74 Å². The van der Waals surface area contributed by atoms with Crippen LogP contribution in [0.3, 0.4) is 0 Å². The lowest BCUT2D eigenvalue weighted by atomic mass is 9.82. The van der Waals surface area contributed by atoms with E-state index in [1.165, 1.54) is 23.1 Å². The van der Waals surface area contributed by atoms with Gasteiger partial charge in [-0.2, -0.15) is 5.10 Å². The standard InChI is InChI=1S/C20H19F4N5O3S/c1-29-16(3-7-27-29)13-2-5-20(23,24)10-17(13)32-12-8-14(21)19(15(22)9-12)33(30,31)28-18-4-6-25-11-26-18/h3-4,6-9,11,13,17H,2,5,10H2,1H3,(H,25,26,28). The van der Waals surface area contributed by atoms with Crippen LogP contribution < -0.4 is 9.46 Å². The molecule has 2 heterocycles. The van der Waals surface area contributed by atoms with Gasteiger partial charge < -0.3 is 4.74 Å². The van der Waals surface area contributed by atoms with Gasteiger partial charge in [0.15, 0.2) is 4.90 Å². The summed E-state index contributed by atoms with van der Waals surface area (Å²) in [7, 11) is -3.02. The lowest BCUT2D eigenvalue weighted by molar-refractivity contribution is -0.0781. The monoisotopic (exact) mass is 485 g/mol. The average molecular weight is 485 g/mol. The van der Waals surface area contributed by atoms with Crippen molar-refractivity contribution in [3.05, 3.63) is 60.3 Å². The summed E-state index contributed by atoms with van der Waals surface area (Å²) in [4.78, 5) is 6.02. The normalized spacial score (nSPS) is 20.4. The second-order valence-corrected chi connectivity index (χ2v) is 9.28. The third kappa shape index (κ3) is 4.92. The molecule has 176 valence electrons. The first-order chi connectivity index (χ1) is 15.6. The van der Waals surface area contributed by atoms with Crippen molar-refractivity contribution in [2.75, 3.05) is 4.72 Å². The smallest absolute Gasteiger partial charge is 0.268 e. The highest BCUT2D eigenvalue weighted by atomic mass is 32.2. The van der Waals surface area contributed by atoms with E-state index < -0.39 is 56.7 Å². The highest BCUT2D eigenvalue weighted by molar-refractivity contribution is 7.92. The zero-order valence-corrected chi connectivity index (χ0v) is 18.1. The van der Waals surface area contributed by atoms with Crippen LogP contribution in [-0.4, -0.2) is 40.2 Å². The summed E-state index contributed by atoms with van der Waals surface area (Å²) >= 11 is 0. The third-order valence-electron chi connectivity index (χ3n) is 5.36. The van der Waals surface area contributed by atoms with Crippen LogP contribution in [0, 0.1) is 11.6 Å². The first-order valence-corrected chi connectivity index (χ1v) is 11.3. The van der Waals surface area contributed by atoms with Gasteiger partial charge in [-0.3, -0.25) is 9.40 Å². The van der Waals surface area contributed by atoms with Crippen molar-refractivity contribution in [3.8, 4) is 5.75 Å². The van der Waals surface area contributed by atoms with Gasteiger partial charge in [0.2, 0.25) is 0 Å². The molecule has 0 aliphatic heterocycles. The fraction of sp³-hybridized carbons (Fsp3) is 0.350. The molecule has 0 radical (unpaired) electrons. The molecule has 3 aromatic rings. The van der Waals surface area contributed by atoms with Gasteiger partial charge in [-0.25, -0.2) is 35.9 Å². The van der Waals surface area contributed by atoms with Crippen LogP contribution in [0.25, 0.3) is 0 Å². The first kappa shape index (κ1) is 23.0. The maximum Gasteiger partial charge on any atom is 0.268 e. The fourth-order valence-corrected chi connectivity index (χ4v) is 5.01.